The number of thiophene rings is 1. The first kappa shape index (κ1) is 18.7. The number of carboxylic acids is 1. The molecule has 0 bridgehead atoms. The lowest BCUT2D eigenvalue weighted by molar-refractivity contribution is 0.0702. The van der Waals surface area contributed by atoms with Crippen molar-refractivity contribution in [2.75, 3.05) is 12.3 Å². The maximum atomic E-state index is 11.3. The van der Waals surface area contributed by atoms with Gasteiger partial charge in [0.2, 0.25) is 5.95 Å². The lowest BCUT2D eigenvalue weighted by Crippen LogP contribution is -1.99. The smallest absolute Gasteiger partial charge is 0.345 e. The molecular formula is C17H15Cl2N3O3S. The van der Waals surface area contributed by atoms with Crippen LogP contribution in [0.1, 0.15) is 29.4 Å². The van der Waals surface area contributed by atoms with E-state index in [1.807, 2.05) is 0 Å². The largest absolute Gasteiger partial charge is 0.492 e. The molecule has 3 aromatic rings. The van der Waals surface area contributed by atoms with Crippen LogP contribution in [0.4, 0.5) is 5.95 Å². The Labute approximate surface area is 163 Å². The minimum Gasteiger partial charge on any atom is -0.492 e. The Morgan fingerprint density at radius 3 is 2.73 bits per heavy atom. The summed E-state index contributed by atoms with van der Waals surface area (Å²) < 4.78 is 5.72. The Kier molecular flexibility index (Phi) is 5.50. The highest BCUT2D eigenvalue weighted by molar-refractivity contribution is 7.20. The quantitative estimate of drug-likeness (QED) is 0.545. The molecule has 136 valence electrons. The summed E-state index contributed by atoms with van der Waals surface area (Å²) in [6.45, 7) is 2.59. The number of aromatic carboxylic acids is 1. The van der Waals surface area contributed by atoms with E-state index >= 15 is 0 Å². The number of nitrogens with two attached hydrogens (primary N) is 1. The SMILES string of the molecule is CCCCOc1cc(-c2nc(N)nc3sc(C(=O)O)cc23)c(Cl)cc1Cl. The number of fused-ring (bicyclic) bond motifs is 1. The molecule has 3 N–H and O–H groups in total. The van der Waals surface area contributed by atoms with E-state index in [2.05, 4.69) is 16.9 Å². The van der Waals surface area contributed by atoms with E-state index < -0.39 is 5.97 Å². The second kappa shape index (κ2) is 7.65. The van der Waals surface area contributed by atoms with Crippen LogP contribution in [0.2, 0.25) is 10.0 Å². The van der Waals surface area contributed by atoms with Gasteiger partial charge in [-0.15, -0.1) is 11.3 Å². The van der Waals surface area contributed by atoms with Crippen LogP contribution in [0.15, 0.2) is 18.2 Å². The first-order valence-corrected chi connectivity index (χ1v) is 9.40. The summed E-state index contributed by atoms with van der Waals surface area (Å²) in [6, 6.07) is 4.79. The average Bonchev–Trinajstić information content (AvgIpc) is 3.00. The summed E-state index contributed by atoms with van der Waals surface area (Å²) in [5.74, 6) is -0.521. The molecule has 2 aromatic heterocycles. The van der Waals surface area contributed by atoms with Gasteiger partial charge in [0.05, 0.1) is 22.3 Å². The van der Waals surface area contributed by atoms with Crippen LogP contribution >= 0.6 is 34.5 Å². The van der Waals surface area contributed by atoms with Gasteiger partial charge in [-0.25, -0.2) is 14.8 Å². The summed E-state index contributed by atoms with van der Waals surface area (Å²) in [7, 11) is 0. The Bertz CT molecular complexity index is 991. The van der Waals surface area contributed by atoms with E-state index in [9.17, 15) is 9.90 Å². The number of unbranched alkanes of at least 4 members (excludes halogenated alkanes) is 1. The predicted molar refractivity (Wildman–Crippen MR) is 105 cm³/mol. The van der Waals surface area contributed by atoms with Crippen molar-refractivity contribution in [3.63, 3.8) is 0 Å². The molecule has 0 fully saturated rings. The molecule has 0 atom stereocenters. The minimum atomic E-state index is -1.04. The summed E-state index contributed by atoms with van der Waals surface area (Å²) in [4.78, 5) is 20.3. The normalized spacial score (nSPS) is 11.0. The van der Waals surface area contributed by atoms with Crippen molar-refractivity contribution < 1.29 is 14.6 Å². The van der Waals surface area contributed by atoms with Crippen molar-refractivity contribution >= 4 is 56.7 Å². The highest BCUT2D eigenvalue weighted by Gasteiger charge is 2.19. The van der Waals surface area contributed by atoms with Gasteiger partial charge in [-0.1, -0.05) is 36.5 Å². The van der Waals surface area contributed by atoms with Crippen LogP contribution < -0.4 is 10.5 Å². The maximum absolute atomic E-state index is 11.3. The molecule has 0 saturated heterocycles. The number of hydrogen-bond donors (Lipinski definition) is 2. The molecule has 26 heavy (non-hydrogen) atoms. The number of anilines is 1. The number of hydrogen-bond acceptors (Lipinski definition) is 6. The zero-order valence-corrected chi connectivity index (χ0v) is 16.1. The van der Waals surface area contributed by atoms with Crippen molar-refractivity contribution in [3.8, 4) is 17.0 Å². The number of benzene rings is 1. The van der Waals surface area contributed by atoms with E-state index in [1.165, 1.54) is 6.07 Å². The predicted octanol–water partition coefficient (Wildman–Crippen LogP) is 5.12. The second-order valence-corrected chi connectivity index (χ2v) is 7.37. The molecule has 0 aliphatic heterocycles. The summed E-state index contributed by atoms with van der Waals surface area (Å²) in [5.41, 5.74) is 6.80. The van der Waals surface area contributed by atoms with Gasteiger partial charge in [0.25, 0.3) is 0 Å². The summed E-state index contributed by atoms with van der Waals surface area (Å²) in [6.07, 6.45) is 1.89. The van der Waals surface area contributed by atoms with Gasteiger partial charge in [-0.2, -0.15) is 0 Å². The zero-order valence-electron chi connectivity index (χ0n) is 13.8. The van der Waals surface area contributed by atoms with Gasteiger partial charge in [-0.3, -0.25) is 0 Å². The molecule has 6 nitrogen and oxygen atoms in total. The standard InChI is InChI=1S/C17H15Cl2N3O3S/c1-2-3-4-25-12-5-8(10(18)7-11(12)19)14-9-6-13(16(23)24)26-15(9)22-17(20)21-14/h5-7H,2-4H2,1H3,(H,23,24)(H2,20,21,22). The lowest BCUT2D eigenvalue weighted by atomic mass is 10.1. The number of ether oxygens (including phenoxy) is 1. The van der Waals surface area contributed by atoms with E-state index in [-0.39, 0.29) is 10.8 Å². The van der Waals surface area contributed by atoms with Gasteiger partial charge >= 0.3 is 5.97 Å². The van der Waals surface area contributed by atoms with Crippen LogP contribution in [-0.4, -0.2) is 27.7 Å². The summed E-state index contributed by atoms with van der Waals surface area (Å²) >= 11 is 13.6. The molecular weight excluding hydrogens is 397 g/mol. The van der Waals surface area contributed by atoms with Crippen molar-refractivity contribution in [3.05, 3.63) is 33.1 Å². The molecule has 0 aliphatic carbocycles. The summed E-state index contributed by atoms with van der Waals surface area (Å²) in [5, 5.41) is 10.6. The fourth-order valence-corrected chi connectivity index (χ4v) is 3.80. The molecule has 0 spiro atoms. The Balaban J connectivity index is 2.16. The number of halogens is 2. The third-order valence-corrected chi connectivity index (χ3v) is 5.28. The van der Waals surface area contributed by atoms with Crippen LogP contribution in [0.5, 0.6) is 5.75 Å². The van der Waals surface area contributed by atoms with Gasteiger partial charge in [0.1, 0.15) is 15.5 Å². The number of aromatic nitrogens is 2. The Morgan fingerprint density at radius 2 is 2.04 bits per heavy atom. The van der Waals surface area contributed by atoms with Crippen molar-refractivity contribution in [2.45, 2.75) is 19.8 Å². The first-order chi connectivity index (χ1) is 12.4. The Hall–Kier alpha value is -2.09. The Morgan fingerprint density at radius 1 is 1.27 bits per heavy atom. The molecule has 0 unspecified atom stereocenters. The zero-order chi connectivity index (χ0) is 18.8. The molecule has 0 radical (unpaired) electrons. The van der Waals surface area contributed by atoms with Gasteiger partial charge in [0.15, 0.2) is 0 Å². The van der Waals surface area contributed by atoms with Crippen LogP contribution in [0, 0.1) is 0 Å². The molecule has 1 aromatic carbocycles. The van der Waals surface area contributed by atoms with E-state index in [0.717, 1.165) is 24.2 Å². The van der Waals surface area contributed by atoms with Gasteiger partial charge in [-0.05, 0) is 24.6 Å². The molecule has 0 aliphatic rings. The number of rotatable bonds is 6. The van der Waals surface area contributed by atoms with Crippen molar-refractivity contribution in [1.82, 2.24) is 9.97 Å². The van der Waals surface area contributed by atoms with E-state index in [0.29, 0.717) is 43.9 Å². The minimum absolute atomic E-state index is 0.0331. The molecule has 2 heterocycles. The van der Waals surface area contributed by atoms with Crippen molar-refractivity contribution in [1.29, 1.82) is 0 Å². The molecule has 9 heteroatoms. The van der Waals surface area contributed by atoms with Gasteiger partial charge in [0, 0.05) is 10.9 Å². The van der Waals surface area contributed by atoms with E-state index in [4.69, 9.17) is 33.7 Å². The lowest BCUT2D eigenvalue weighted by Gasteiger charge is -2.12. The first-order valence-electron chi connectivity index (χ1n) is 7.83. The van der Waals surface area contributed by atoms with Crippen molar-refractivity contribution in [2.24, 2.45) is 0 Å². The van der Waals surface area contributed by atoms with Gasteiger partial charge < -0.3 is 15.6 Å². The highest BCUT2D eigenvalue weighted by atomic mass is 35.5. The maximum Gasteiger partial charge on any atom is 0.345 e. The fraction of sp³-hybridized carbons (Fsp3) is 0.235. The highest BCUT2D eigenvalue weighted by Crippen LogP contribution is 2.40. The second-order valence-electron chi connectivity index (χ2n) is 5.53. The average molecular weight is 412 g/mol. The third-order valence-electron chi connectivity index (χ3n) is 3.65. The molecule has 0 saturated carbocycles. The van der Waals surface area contributed by atoms with E-state index in [1.54, 1.807) is 12.1 Å². The number of nitrogens with zero attached hydrogens (tertiary/aromatic N) is 2. The third kappa shape index (κ3) is 3.70. The molecule has 3 rings (SSSR count). The number of carboxylic acid groups (broad SMARTS) is 1. The fourth-order valence-electron chi connectivity index (χ4n) is 2.40. The van der Waals surface area contributed by atoms with Crippen LogP contribution in [0.25, 0.3) is 21.5 Å². The number of nitrogen functional groups attached to an aromatic ring is 1. The van der Waals surface area contributed by atoms with Crippen LogP contribution in [-0.2, 0) is 0 Å². The number of carbonyl (C=O) groups is 1. The van der Waals surface area contributed by atoms with Crippen LogP contribution in [0.3, 0.4) is 0 Å². The molecule has 0 amide bonds. The monoisotopic (exact) mass is 411 g/mol. The topological polar surface area (TPSA) is 98.3 Å².